The van der Waals surface area contributed by atoms with Gasteiger partial charge in [-0.25, -0.2) is 22.0 Å². The van der Waals surface area contributed by atoms with Gasteiger partial charge in [-0.3, -0.25) is 4.98 Å². The largest absolute Gasteiger partial charge is 0.255 e. The fourth-order valence-corrected chi connectivity index (χ4v) is 3.06. The number of rotatable bonds is 2. The van der Waals surface area contributed by atoms with Gasteiger partial charge in [-0.2, -0.15) is 0 Å². The van der Waals surface area contributed by atoms with Crippen molar-refractivity contribution in [2.24, 2.45) is 0 Å². The van der Waals surface area contributed by atoms with Gasteiger partial charge in [-0.15, -0.1) is 0 Å². The van der Waals surface area contributed by atoms with Gasteiger partial charge >= 0.3 is 0 Å². The quantitative estimate of drug-likeness (QED) is 0.230. The Morgan fingerprint density at radius 3 is 1.70 bits per heavy atom. The number of aromatic nitrogens is 1. The third-order valence-electron chi connectivity index (χ3n) is 4.32. The zero-order valence-corrected chi connectivity index (χ0v) is 13.6. The lowest BCUT2D eigenvalue weighted by Gasteiger charge is -2.13. The summed E-state index contributed by atoms with van der Waals surface area (Å²) in [6.45, 7) is 0. The minimum atomic E-state index is -2.19. The summed E-state index contributed by atoms with van der Waals surface area (Å²) >= 11 is 0. The summed E-state index contributed by atoms with van der Waals surface area (Å²) in [6, 6.07) is 15.6. The van der Waals surface area contributed by atoms with Gasteiger partial charge in [0.25, 0.3) is 0 Å². The highest BCUT2D eigenvalue weighted by molar-refractivity contribution is 6.03. The molecule has 0 aliphatic carbocycles. The van der Waals surface area contributed by atoms with E-state index in [-0.39, 0.29) is 5.56 Å². The van der Waals surface area contributed by atoms with Gasteiger partial charge in [0, 0.05) is 22.7 Å². The van der Waals surface area contributed by atoms with Crippen molar-refractivity contribution in [3.63, 3.8) is 0 Å². The number of halogens is 5. The van der Waals surface area contributed by atoms with Gasteiger partial charge < -0.3 is 0 Å². The first-order valence-electron chi connectivity index (χ1n) is 7.95. The molecule has 1 aromatic heterocycles. The SMILES string of the molecule is Fc1c(F)c(F)c(-c2cnc(-c3ccccc3)c3ccccc23)c(F)c1F. The molecule has 0 aliphatic rings. The number of fused-ring (bicyclic) bond motifs is 1. The van der Waals surface area contributed by atoms with E-state index in [9.17, 15) is 22.0 Å². The standard InChI is InChI=1S/C21H10F5N/c22-16-15(17(23)19(25)20(26)18(16)24)14-10-27-21(11-6-2-1-3-7-11)13-9-5-4-8-12(13)14/h1-10H. The number of pyridine rings is 1. The molecule has 0 radical (unpaired) electrons. The van der Waals surface area contributed by atoms with Crippen molar-refractivity contribution in [3.05, 3.63) is 89.9 Å². The molecular weight excluding hydrogens is 361 g/mol. The number of benzene rings is 3. The Hall–Kier alpha value is -3.28. The molecule has 4 aromatic rings. The highest BCUT2D eigenvalue weighted by Gasteiger charge is 2.28. The maximum atomic E-state index is 14.3. The van der Waals surface area contributed by atoms with Crippen LogP contribution in [0.3, 0.4) is 0 Å². The van der Waals surface area contributed by atoms with E-state index >= 15 is 0 Å². The number of hydrogen-bond acceptors (Lipinski definition) is 1. The minimum absolute atomic E-state index is 0.168. The van der Waals surface area contributed by atoms with Crippen LogP contribution < -0.4 is 0 Å². The summed E-state index contributed by atoms with van der Waals surface area (Å²) in [4.78, 5) is 4.25. The average Bonchev–Trinajstić information content (AvgIpc) is 2.71. The second-order valence-electron chi connectivity index (χ2n) is 5.88. The second-order valence-corrected chi connectivity index (χ2v) is 5.88. The van der Waals surface area contributed by atoms with E-state index in [1.54, 1.807) is 24.3 Å². The number of hydrogen-bond donors (Lipinski definition) is 0. The van der Waals surface area contributed by atoms with E-state index in [0.29, 0.717) is 16.5 Å². The molecule has 0 fully saturated rings. The van der Waals surface area contributed by atoms with Gasteiger partial charge in [0.05, 0.1) is 11.3 Å². The molecule has 0 amide bonds. The fraction of sp³-hybridized carbons (Fsp3) is 0. The lowest BCUT2D eigenvalue weighted by atomic mass is 9.96. The normalized spacial score (nSPS) is 11.1. The van der Waals surface area contributed by atoms with E-state index < -0.39 is 34.6 Å². The summed E-state index contributed by atoms with van der Waals surface area (Å²) in [6.07, 6.45) is 1.13. The highest BCUT2D eigenvalue weighted by atomic mass is 19.2. The van der Waals surface area contributed by atoms with Gasteiger partial charge in [-0.05, 0) is 5.39 Å². The van der Waals surface area contributed by atoms with Gasteiger partial charge in [0.2, 0.25) is 5.82 Å². The van der Waals surface area contributed by atoms with Crippen LogP contribution in [0.4, 0.5) is 22.0 Å². The Balaban J connectivity index is 2.07. The van der Waals surface area contributed by atoms with Crippen molar-refractivity contribution < 1.29 is 22.0 Å². The van der Waals surface area contributed by atoms with Crippen LogP contribution >= 0.6 is 0 Å². The van der Waals surface area contributed by atoms with E-state index in [1.165, 1.54) is 0 Å². The summed E-state index contributed by atoms with van der Waals surface area (Å²) in [5.74, 6) is -9.93. The first kappa shape index (κ1) is 17.1. The van der Waals surface area contributed by atoms with E-state index in [2.05, 4.69) is 4.98 Å². The topological polar surface area (TPSA) is 12.9 Å². The Kier molecular flexibility index (Phi) is 4.11. The van der Waals surface area contributed by atoms with Crippen LogP contribution in [0.15, 0.2) is 60.8 Å². The molecule has 3 aromatic carbocycles. The molecule has 0 bridgehead atoms. The smallest absolute Gasteiger partial charge is 0.200 e. The summed E-state index contributed by atoms with van der Waals surface area (Å²) in [5, 5.41) is 0.861. The molecule has 0 spiro atoms. The molecule has 27 heavy (non-hydrogen) atoms. The van der Waals surface area contributed by atoms with Crippen molar-refractivity contribution in [2.75, 3.05) is 0 Å². The highest BCUT2D eigenvalue weighted by Crippen LogP contribution is 2.37. The van der Waals surface area contributed by atoms with Crippen LogP contribution in [-0.4, -0.2) is 4.98 Å². The van der Waals surface area contributed by atoms with Gasteiger partial charge in [-0.1, -0.05) is 54.6 Å². The predicted octanol–water partition coefficient (Wildman–Crippen LogP) is 6.26. The Morgan fingerprint density at radius 2 is 1.07 bits per heavy atom. The van der Waals surface area contributed by atoms with Crippen LogP contribution in [0, 0.1) is 29.1 Å². The zero-order chi connectivity index (χ0) is 19.1. The maximum Gasteiger partial charge on any atom is 0.200 e. The molecular formula is C21H10F5N. The lowest BCUT2D eigenvalue weighted by Crippen LogP contribution is -2.04. The Morgan fingerprint density at radius 1 is 0.556 bits per heavy atom. The first-order valence-corrected chi connectivity index (χ1v) is 7.95. The third kappa shape index (κ3) is 2.65. The Bertz CT molecular complexity index is 1140. The molecule has 134 valence electrons. The van der Waals surface area contributed by atoms with E-state index in [1.807, 2.05) is 30.3 Å². The fourth-order valence-electron chi connectivity index (χ4n) is 3.06. The molecule has 0 N–H and O–H groups in total. The van der Waals surface area contributed by atoms with Crippen LogP contribution in [0.25, 0.3) is 33.2 Å². The summed E-state index contributed by atoms with van der Waals surface area (Å²) in [7, 11) is 0. The van der Waals surface area contributed by atoms with Crippen LogP contribution in [-0.2, 0) is 0 Å². The van der Waals surface area contributed by atoms with Crippen molar-refractivity contribution in [1.82, 2.24) is 4.98 Å². The molecule has 0 saturated carbocycles. The van der Waals surface area contributed by atoms with Crippen LogP contribution in [0.2, 0.25) is 0 Å². The predicted molar refractivity (Wildman–Crippen MR) is 92.4 cm³/mol. The minimum Gasteiger partial charge on any atom is -0.255 e. The summed E-state index contributed by atoms with van der Waals surface area (Å²) in [5.41, 5.74) is 0.143. The van der Waals surface area contributed by atoms with Gasteiger partial charge in [0.1, 0.15) is 0 Å². The van der Waals surface area contributed by atoms with E-state index in [0.717, 1.165) is 11.8 Å². The maximum absolute atomic E-state index is 14.3. The molecule has 1 heterocycles. The van der Waals surface area contributed by atoms with Crippen molar-refractivity contribution in [2.45, 2.75) is 0 Å². The summed E-state index contributed by atoms with van der Waals surface area (Å²) < 4.78 is 69.3. The van der Waals surface area contributed by atoms with Crippen molar-refractivity contribution in [1.29, 1.82) is 0 Å². The van der Waals surface area contributed by atoms with Crippen molar-refractivity contribution >= 4 is 10.8 Å². The van der Waals surface area contributed by atoms with E-state index in [4.69, 9.17) is 0 Å². The van der Waals surface area contributed by atoms with Crippen LogP contribution in [0.5, 0.6) is 0 Å². The first-order chi connectivity index (χ1) is 13.0. The monoisotopic (exact) mass is 371 g/mol. The molecule has 4 rings (SSSR count). The molecule has 1 nitrogen and oxygen atoms in total. The molecule has 6 heteroatoms. The zero-order valence-electron chi connectivity index (χ0n) is 13.6. The lowest BCUT2D eigenvalue weighted by molar-refractivity contribution is 0.381. The van der Waals surface area contributed by atoms with Crippen molar-refractivity contribution in [3.8, 4) is 22.4 Å². The number of nitrogens with zero attached hydrogens (tertiary/aromatic N) is 1. The third-order valence-corrected chi connectivity index (χ3v) is 4.32. The molecule has 0 saturated heterocycles. The Labute approximate surface area is 150 Å². The van der Waals surface area contributed by atoms with Gasteiger partial charge in [0.15, 0.2) is 23.3 Å². The molecule has 0 aliphatic heterocycles. The molecule has 0 atom stereocenters. The second kappa shape index (κ2) is 6.46. The molecule has 0 unspecified atom stereocenters. The van der Waals surface area contributed by atoms with Crippen LogP contribution in [0.1, 0.15) is 0 Å². The average molecular weight is 371 g/mol.